The molecule has 3 aromatic rings. The maximum absolute atomic E-state index is 12.7. The molecule has 0 spiro atoms. The molecule has 1 heterocycles. The number of ether oxygens (including phenoxy) is 1. The van der Waals surface area contributed by atoms with E-state index in [0.717, 1.165) is 5.56 Å². The van der Waals surface area contributed by atoms with Gasteiger partial charge in [0.2, 0.25) is 0 Å². The number of hydrogen-bond acceptors (Lipinski definition) is 3. The molecule has 4 nitrogen and oxygen atoms in total. The fourth-order valence-electron chi connectivity index (χ4n) is 4.62. The zero-order valence-electron chi connectivity index (χ0n) is 16.1. The van der Waals surface area contributed by atoms with Crippen LogP contribution in [0.15, 0.2) is 78.9 Å². The lowest BCUT2D eigenvalue weighted by molar-refractivity contribution is 0.0414. The number of nitrogens with zero attached hydrogens (tertiary/aromatic N) is 1. The quantitative estimate of drug-likeness (QED) is 0.721. The van der Waals surface area contributed by atoms with Gasteiger partial charge in [-0.25, -0.2) is 4.79 Å². The van der Waals surface area contributed by atoms with Crippen LogP contribution < -0.4 is 0 Å². The molecule has 0 radical (unpaired) electrons. The van der Waals surface area contributed by atoms with Crippen LogP contribution in [0.1, 0.15) is 29.0 Å². The predicted molar refractivity (Wildman–Crippen MR) is 112 cm³/mol. The van der Waals surface area contributed by atoms with Crippen LogP contribution in [0.25, 0.3) is 11.1 Å². The number of likely N-dealkylation sites (tertiary alicyclic amines) is 1. The van der Waals surface area contributed by atoms with E-state index in [1.807, 2.05) is 54.6 Å². The van der Waals surface area contributed by atoms with Gasteiger partial charge in [0.05, 0.1) is 6.54 Å². The molecule has 0 bridgehead atoms. The fourth-order valence-corrected chi connectivity index (χ4v) is 4.62. The fraction of sp³-hybridized carbons (Fsp3) is 0.240. The van der Waals surface area contributed by atoms with Crippen LogP contribution in [-0.2, 0) is 10.3 Å². The molecule has 1 saturated heterocycles. The molecule has 1 aliphatic heterocycles. The zero-order chi connectivity index (χ0) is 19.8. The van der Waals surface area contributed by atoms with Crippen LogP contribution >= 0.6 is 0 Å². The average Bonchev–Trinajstić information content (AvgIpc) is 3.32. The number of fused-ring (bicyclic) bond motifs is 3. The summed E-state index contributed by atoms with van der Waals surface area (Å²) >= 11 is 0. The van der Waals surface area contributed by atoms with Crippen molar-refractivity contribution in [3.05, 3.63) is 95.6 Å². The first kappa shape index (κ1) is 18.0. The van der Waals surface area contributed by atoms with Gasteiger partial charge in [-0.05, 0) is 34.2 Å². The Morgan fingerprint density at radius 1 is 0.931 bits per heavy atom. The van der Waals surface area contributed by atoms with E-state index < -0.39 is 5.60 Å². The standard InChI is InChI=1S/C25H23NO3/c27-24(26-15-14-25(28,17-26)18-8-2-1-3-9-18)29-16-23-21-12-6-4-10-19(21)20-11-5-7-13-22(20)23/h1-13,23,28H,14-17H2. The summed E-state index contributed by atoms with van der Waals surface area (Å²) in [6.45, 7) is 1.04. The maximum atomic E-state index is 12.7. The van der Waals surface area contributed by atoms with E-state index in [4.69, 9.17) is 4.74 Å². The third kappa shape index (κ3) is 3.10. The van der Waals surface area contributed by atoms with Crippen molar-refractivity contribution >= 4 is 6.09 Å². The monoisotopic (exact) mass is 385 g/mol. The van der Waals surface area contributed by atoms with E-state index in [1.165, 1.54) is 22.3 Å². The number of benzene rings is 3. The minimum Gasteiger partial charge on any atom is -0.448 e. The van der Waals surface area contributed by atoms with Crippen LogP contribution in [0.5, 0.6) is 0 Å². The molecule has 1 N–H and O–H groups in total. The van der Waals surface area contributed by atoms with Gasteiger partial charge in [-0.2, -0.15) is 0 Å². The maximum Gasteiger partial charge on any atom is 0.409 e. The normalized spacial score (nSPS) is 20.4. The Morgan fingerprint density at radius 3 is 2.17 bits per heavy atom. The van der Waals surface area contributed by atoms with Gasteiger partial charge in [-0.1, -0.05) is 78.9 Å². The summed E-state index contributed by atoms with van der Waals surface area (Å²) in [5.74, 6) is 0.0435. The molecule has 29 heavy (non-hydrogen) atoms. The van der Waals surface area contributed by atoms with Crippen LogP contribution in [0.4, 0.5) is 4.79 Å². The predicted octanol–water partition coefficient (Wildman–Crippen LogP) is 4.53. The Morgan fingerprint density at radius 2 is 1.52 bits per heavy atom. The molecule has 1 fully saturated rings. The van der Waals surface area contributed by atoms with Crippen LogP contribution in [0, 0.1) is 0 Å². The summed E-state index contributed by atoms with van der Waals surface area (Å²) in [5, 5.41) is 11.0. The van der Waals surface area contributed by atoms with Crippen molar-refractivity contribution in [1.29, 1.82) is 0 Å². The van der Waals surface area contributed by atoms with Crippen molar-refractivity contribution < 1.29 is 14.6 Å². The SMILES string of the molecule is O=C(OCC1c2ccccc2-c2ccccc21)N1CCC(O)(c2ccccc2)C1. The highest BCUT2D eigenvalue weighted by atomic mass is 16.6. The van der Waals surface area contributed by atoms with Crippen molar-refractivity contribution in [2.75, 3.05) is 19.7 Å². The second kappa shape index (κ2) is 7.05. The van der Waals surface area contributed by atoms with E-state index in [9.17, 15) is 9.90 Å². The van der Waals surface area contributed by atoms with E-state index in [2.05, 4.69) is 24.3 Å². The third-order valence-electron chi connectivity index (χ3n) is 6.15. The highest BCUT2D eigenvalue weighted by Crippen LogP contribution is 2.44. The lowest BCUT2D eigenvalue weighted by atomic mass is 9.93. The number of carbonyl (C=O) groups is 1. The van der Waals surface area contributed by atoms with Crippen molar-refractivity contribution in [3.63, 3.8) is 0 Å². The summed E-state index contributed by atoms with van der Waals surface area (Å²) in [6.07, 6.45) is 0.153. The smallest absolute Gasteiger partial charge is 0.409 e. The van der Waals surface area contributed by atoms with Crippen LogP contribution in [0.3, 0.4) is 0 Å². The first-order valence-corrected chi connectivity index (χ1v) is 10.0. The molecule has 1 unspecified atom stereocenters. The van der Waals surface area contributed by atoms with E-state index >= 15 is 0 Å². The largest absolute Gasteiger partial charge is 0.448 e. The number of carbonyl (C=O) groups excluding carboxylic acids is 1. The average molecular weight is 385 g/mol. The van der Waals surface area contributed by atoms with Gasteiger partial charge < -0.3 is 14.7 Å². The van der Waals surface area contributed by atoms with Crippen molar-refractivity contribution in [2.24, 2.45) is 0 Å². The highest BCUT2D eigenvalue weighted by molar-refractivity contribution is 5.79. The summed E-state index contributed by atoms with van der Waals surface area (Å²) in [6, 6.07) is 26.1. The molecule has 1 atom stereocenters. The van der Waals surface area contributed by atoms with Gasteiger partial charge in [0.25, 0.3) is 0 Å². The van der Waals surface area contributed by atoms with Crippen molar-refractivity contribution in [1.82, 2.24) is 4.90 Å². The Labute approximate surface area is 170 Å². The molecule has 0 aromatic heterocycles. The van der Waals surface area contributed by atoms with Gasteiger partial charge in [0.1, 0.15) is 12.2 Å². The summed E-state index contributed by atoms with van der Waals surface area (Å²) < 4.78 is 5.73. The lowest BCUT2D eigenvalue weighted by Gasteiger charge is -2.24. The second-order valence-electron chi connectivity index (χ2n) is 7.87. The van der Waals surface area contributed by atoms with Crippen molar-refractivity contribution in [2.45, 2.75) is 17.9 Å². The number of β-amino-alcohol motifs (C(OH)–C–C–N with tert-alkyl or cyclic N) is 1. The van der Waals surface area contributed by atoms with Gasteiger partial charge in [-0.3, -0.25) is 0 Å². The minimum absolute atomic E-state index is 0.0435. The molecular weight excluding hydrogens is 362 g/mol. The van der Waals surface area contributed by atoms with E-state index in [1.54, 1.807) is 4.90 Å². The molecule has 1 amide bonds. The molecule has 5 rings (SSSR count). The molecule has 0 saturated carbocycles. The van der Waals surface area contributed by atoms with Crippen LogP contribution in [-0.4, -0.2) is 35.8 Å². The Balaban J connectivity index is 1.30. The lowest BCUT2D eigenvalue weighted by Crippen LogP contribution is -2.35. The molecule has 4 heteroatoms. The summed E-state index contributed by atoms with van der Waals surface area (Å²) in [7, 11) is 0. The molecular formula is C25H23NO3. The third-order valence-corrected chi connectivity index (χ3v) is 6.15. The highest BCUT2D eigenvalue weighted by Gasteiger charge is 2.40. The number of hydrogen-bond donors (Lipinski definition) is 1. The topological polar surface area (TPSA) is 49.8 Å². The summed E-state index contributed by atoms with van der Waals surface area (Å²) in [5.41, 5.74) is 4.65. The summed E-state index contributed by atoms with van der Waals surface area (Å²) in [4.78, 5) is 14.3. The van der Waals surface area contributed by atoms with Gasteiger partial charge in [-0.15, -0.1) is 0 Å². The van der Waals surface area contributed by atoms with Crippen LogP contribution in [0.2, 0.25) is 0 Å². The molecule has 3 aromatic carbocycles. The zero-order valence-corrected chi connectivity index (χ0v) is 16.1. The molecule has 1 aliphatic carbocycles. The first-order valence-electron chi connectivity index (χ1n) is 10.0. The Hall–Kier alpha value is -3.11. The molecule has 146 valence electrons. The van der Waals surface area contributed by atoms with E-state index in [-0.39, 0.29) is 18.6 Å². The van der Waals surface area contributed by atoms with Gasteiger partial charge in [0.15, 0.2) is 0 Å². The Kier molecular flexibility index (Phi) is 4.36. The Bertz CT molecular complexity index is 1000. The molecule has 2 aliphatic rings. The minimum atomic E-state index is -1.01. The van der Waals surface area contributed by atoms with Gasteiger partial charge >= 0.3 is 6.09 Å². The number of rotatable bonds is 3. The number of amides is 1. The first-order chi connectivity index (χ1) is 14.2. The van der Waals surface area contributed by atoms with E-state index in [0.29, 0.717) is 19.6 Å². The number of aliphatic hydroxyl groups is 1. The van der Waals surface area contributed by atoms with Gasteiger partial charge in [0, 0.05) is 12.5 Å². The van der Waals surface area contributed by atoms with Crippen molar-refractivity contribution in [3.8, 4) is 11.1 Å². The second-order valence-corrected chi connectivity index (χ2v) is 7.87.